The molecule has 0 atom stereocenters. The Bertz CT molecular complexity index is 362. The molecule has 0 saturated carbocycles. The van der Waals surface area contributed by atoms with E-state index in [2.05, 4.69) is 48.5 Å². The first kappa shape index (κ1) is 7.48. The summed E-state index contributed by atoms with van der Waals surface area (Å²) in [7, 11) is 0. The lowest BCUT2D eigenvalue weighted by atomic mass is 10.6. The van der Waals surface area contributed by atoms with Crippen molar-refractivity contribution in [2.24, 2.45) is 0 Å². The first-order valence-electron chi connectivity index (χ1n) is 2.92. The number of hydrogen-bond acceptors (Lipinski definition) is 2. The zero-order chi connectivity index (χ0) is 7.84. The van der Waals surface area contributed by atoms with Gasteiger partial charge in [-0.05, 0) is 38.5 Å². The van der Waals surface area contributed by atoms with Crippen molar-refractivity contribution in [3.63, 3.8) is 0 Å². The molecule has 0 aromatic carbocycles. The van der Waals surface area contributed by atoms with Crippen molar-refractivity contribution in [3.8, 4) is 0 Å². The van der Waals surface area contributed by atoms with E-state index in [1.165, 1.54) is 0 Å². The third-order valence-electron chi connectivity index (χ3n) is 1.36. The molecule has 2 aromatic rings. The van der Waals surface area contributed by atoms with Crippen LogP contribution in [0.25, 0.3) is 5.52 Å². The second kappa shape index (κ2) is 2.71. The zero-order valence-electron chi connectivity index (χ0n) is 5.33. The molecule has 0 aliphatic carbocycles. The molecule has 0 amide bonds. The van der Waals surface area contributed by atoms with Gasteiger partial charge in [0.05, 0.1) is 11.7 Å². The first-order chi connectivity index (χ1) is 5.29. The highest BCUT2D eigenvalue weighted by molar-refractivity contribution is 14.1. The minimum atomic E-state index is 0.819. The van der Waals surface area contributed by atoms with Gasteiger partial charge in [0.25, 0.3) is 0 Å². The summed E-state index contributed by atoms with van der Waals surface area (Å²) in [5.74, 6) is 0. The van der Waals surface area contributed by atoms with Crippen LogP contribution in [-0.4, -0.2) is 14.4 Å². The lowest BCUT2D eigenvalue weighted by Gasteiger charge is -1.90. The smallest absolute Gasteiger partial charge is 0.182 e. The van der Waals surface area contributed by atoms with Crippen LogP contribution in [0.2, 0.25) is 0 Å². The molecule has 0 fully saturated rings. The Kier molecular flexibility index (Phi) is 1.84. The molecule has 0 unspecified atom stereocenters. The molecule has 0 spiro atoms. The van der Waals surface area contributed by atoms with E-state index in [1.807, 2.05) is 10.6 Å². The van der Waals surface area contributed by atoms with Gasteiger partial charge in [-0.3, -0.25) is 9.38 Å². The Balaban J connectivity index is 2.95. The van der Waals surface area contributed by atoms with Crippen LogP contribution in [0.1, 0.15) is 0 Å². The molecule has 56 valence electrons. The maximum absolute atomic E-state index is 4.22. The van der Waals surface area contributed by atoms with Crippen molar-refractivity contribution in [2.75, 3.05) is 0 Å². The Hall–Kier alpha value is -0.170. The van der Waals surface area contributed by atoms with Gasteiger partial charge in [-0.2, -0.15) is 0 Å². The van der Waals surface area contributed by atoms with Gasteiger partial charge in [0, 0.05) is 12.4 Å². The second-order valence-corrected chi connectivity index (χ2v) is 3.73. The van der Waals surface area contributed by atoms with Crippen molar-refractivity contribution < 1.29 is 0 Å². The molecule has 0 aliphatic rings. The quantitative estimate of drug-likeness (QED) is 0.695. The third-order valence-corrected chi connectivity index (χ3v) is 2.71. The average molecular weight is 324 g/mol. The monoisotopic (exact) mass is 323 g/mol. The molecule has 2 heterocycles. The predicted molar refractivity (Wildman–Crippen MR) is 53.4 cm³/mol. The van der Waals surface area contributed by atoms with Gasteiger partial charge < -0.3 is 0 Å². The van der Waals surface area contributed by atoms with Crippen molar-refractivity contribution in [2.45, 2.75) is 0 Å². The summed E-state index contributed by atoms with van der Waals surface area (Å²) in [4.78, 5) is 8.22. The van der Waals surface area contributed by atoms with E-state index in [-0.39, 0.29) is 0 Å². The summed E-state index contributed by atoms with van der Waals surface area (Å²) in [6, 6.07) is 0. The van der Waals surface area contributed by atoms with Gasteiger partial charge in [-0.15, -0.1) is 0 Å². The maximum atomic E-state index is 4.22. The van der Waals surface area contributed by atoms with E-state index in [1.54, 1.807) is 12.4 Å². The van der Waals surface area contributed by atoms with E-state index in [9.17, 15) is 0 Å². The SMILES string of the molecule is Brc1nc(I)c2cnccn12. The molecule has 2 rings (SSSR count). The van der Waals surface area contributed by atoms with E-state index in [0.717, 1.165) is 14.0 Å². The van der Waals surface area contributed by atoms with E-state index in [4.69, 9.17) is 0 Å². The number of hydrogen-bond donors (Lipinski definition) is 0. The van der Waals surface area contributed by atoms with E-state index in [0.29, 0.717) is 0 Å². The predicted octanol–water partition coefficient (Wildman–Crippen LogP) is 2.10. The minimum Gasteiger partial charge on any atom is -0.290 e. The fraction of sp³-hybridized carbons (Fsp3) is 0. The lowest BCUT2D eigenvalue weighted by molar-refractivity contribution is 1.07. The lowest BCUT2D eigenvalue weighted by Crippen LogP contribution is -1.83. The highest BCUT2D eigenvalue weighted by Crippen LogP contribution is 2.17. The number of nitrogens with zero attached hydrogens (tertiary/aromatic N) is 3. The molecular formula is C6H3BrIN3. The Morgan fingerprint density at radius 2 is 2.36 bits per heavy atom. The van der Waals surface area contributed by atoms with E-state index >= 15 is 0 Å². The fourth-order valence-electron chi connectivity index (χ4n) is 0.867. The number of imidazole rings is 1. The standard InChI is InChI=1S/C6H3BrIN3/c7-6-10-5(8)4-3-9-1-2-11(4)6/h1-3H. The topological polar surface area (TPSA) is 30.2 Å². The van der Waals surface area contributed by atoms with Crippen LogP contribution in [0.15, 0.2) is 23.3 Å². The largest absolute Gasteiger partial charge is 0.290 e. The van der Waals surface area contributed by atoms with Gasteiger partial charge in [0.2, 0.25) is 0 Å². The van der Waals surface area contributed by atoms with Gasteiger partial charge in [-0.1, -0.05) is 0 Å². The van der Waals surface area contributed by atoms with Crippen molar-refractivity contribution in [3.05, 3.63) is 27.0 Å². The molecule has 3 nitrogen and oxygen atoms in total. The summed E-state index contributed by atoms with van der Waals surface area (Å²) < 4.78 is 3.72. The molecule has 0 bridgehead atoms. The summed E-state index contributed by atoms with van der Waals surface area (Å²) in [6.45, 7) is 0. The van der Waals surface area contributed by atoms with Crippen molar-refractivity contribution in [1.82, 2.24) is 14.4 Å². The van der Waals surface area contributed by atoms with Crippen LogP contribution >= 0.6 is 38.5 Å². The molecule has 2 aromatic heterocycles. The molecule has 0 radical (unpaired) electrons. The van der Waals surface area contributed by atoms with Gasteiger partial charge >= 0.3 is 0 Å². The number of aromatic nitrogens is 3. The van der Waals surface area contributed by atoms with Gasteiger partial charge in [0.15, 0.2) is 4.73 Å². The fourth-order valence-corrected chi connectivity index (χ4v) is 2.31. The molecule has 5 heteroatoms. The van der Waals surface area contributed by atoms with Gasteiger partial charge in [-0.25, -0.2) is 4.98 Å². The number of rotatable bonds is 0. The highest BCUT2D eigenvalue weighted by Gasteiger charge is 2.04. The normalized spacial score (nSPS) is 10.7. The van der Waals surface area contributed by atoms with Crippen molar-refractivity contribution >= 4 is 44.0 Å². The second-order valence-electron chi connectivity index (χ2n) is 2.00. The van der Waals surface area contributed by atoms with Crippen LogP contribution in [0.4, 0.5) is 0 Å². The van der Waals surface area contributed by atoms with Crippen LogP contribution in [0, 0.1) is 3.70 Å². The van der Waals surface area contributed by atoms with Gasteiger partial charge in [0.1, 0.15) is 3.70 Å². The Morgan fingerprint density at radius 1 is 1.55 bits per heavy atom. The molecule has 0 N–H and O–H groups in total. The maximum Gasteiger partial charge on any atom is 0.182 e. The van der Waals surface area contributed by atoms with Crippen LogP contribution in [0.3, 0.4) is 0 Å². The molecule has 0 aliphatic heterocycles. The van der Waals surface area contributed by atoms with Crippen LogP contribution < -0.4 is 0 Å². The minimum absolute atomic E-state index is 0.819. The van der Waals surface area contributed by atoms with Crippen LogP contribution in [0.5, 0.6) is 0 Å². The summed E-state index contributed by atoms with van der Waals surface area (Å²) in [5, 5.41) is 0. The molecule has 0 saturated heterocycles. The highest BCUT2D eigenvalue weighted by atomic mass is 127. The van der Waals surface area contributed by atoms with E-state index < -0.39 is 0 Å². The number of halogens is 2. The first-order valence-corrected chi connectivity index (χ1v) is 4.79. The summed E-state index contributed by atoms with van der Waals surface area (Å²) >= 11 is 5.51. The summed E-state index contributed by atoms with van der Waals surface area (Å²) in [5.41, 5.74) is 1.03. The Labute approximate surface area is 85.1 Å². The number of fused-ring (bicyclic) bond motifs is 1. The zero-order valence-corrected chi connectivity index (χ0v) is 9.07. The van der Waals surface area contributed by atoms with Crippen LogP contribution in [-0.2, 0) is 0 Å². The average Bonchev–Trinajstić information content (AvgIpc) is 2.30. The summed E-state index contributed by atoms with van der Waals surface area (Å²) in [6.07, 6.45) is 5.39. The molecule has 11 heavy (non-hydrogen) atoms. The Morgan fingerprint density at radius 3 is 3.09 bits per heavy atom. The van der Waals surface area contributed by atoms with Crippen molar-refractivity contribution in [1.29, 1.82) is 0 Å². The third kappa shape index (κ3) is 1.16. The molecular weight excluding hydrogens is 321 g/mol.